The van der Waals surface area contributed by atoms with Crippen LogP contribution in [0.5, 0.6) is 5.88 Å². The zero-order valence-electron chi connectivity index (χ0n) is 10.1. The fraction of sp³-hybridized carbons (Fsp3) is 0.333. The van der Waals surface area contributed by atoms with Crippen molar-refractivity contribution < 1.29 is 4.74 Å². The minimum absolute atomic E-state index is 0.637. The van der Waals surface area contributed by atoms with Crippen molar-refractivity contribution >= 4 is 0 Å². The van der Waals surface area contributed by atoms with E-state index in [4.69, 9.17) is 4.74 Å². The number of hydrogen-bond donors (Lipinski definition) is 1. The molecule has 17 heavy (non-hydrogen) atoms. The lowest BCUT2D eigenvalue weighted by molar-refractivity contribution is 0.397. The summed E-state index contributed by atoms with van der Waals surface area (Å²) < 4.78 is 6.80. The van der Waals surface area contributed by atoms with Crippen molar-refractivity contribution in [3.05, 3.63) is 41.9 Å². The van der Waals surface area contributed by atoms with Gasteiger partial charge in [0, 0.05) is 38.6 Å². The maximum Gasteiger partial charge on any atom is 0.212 e. The highest BCUT2D eigenvalue weighted by molar-refractivity contribution is 5.17. The van der Waals surface area contributed by atoms with Crippen LogP contribution in [0, 0.1) is 0 Å². The van der Waals surface area contributed by atoms with Gasteiger partial charge in [-0.05, 0) is 11.6 Å². The van der Waals surface area contributed by atoms with Crippen molar-refractivity contribution in [1.29, 1.82) is 0 Å². The molecule has 0 unspecified atom stereocenters. The molecule has 0 amide bonds. The normalized spacial score (nSPS) is 10.5. The number of hydrogen-bond acceptors (Lipinski definition) is 4. The van der Waals surface area contributed by atoms with Gasteiger partial charge >= 0.3 is 0 Å². The molecule has 0 fully saturated rings. The Balaban J connectivity index is 1.81. The van der Waals surface area contributed by atoms with Crippen LogP contribution in [0.2, 0.25) is 0 Å². The molecule has 2 heterocycles. The van der Waals surface area contributed by atoms with Crippen LogP contribution in [-0.2, 0) is 20.1 Å². The Morgan fingerprint density at radius 1 is 1.29 bits per heavy atom. The molecule has 5 heteroatoms. The molecular weight excluding hydrogens is 216 g/mol. The van der Waals surface area contributed by atoms with Gasteiger partial charge in [-0.1, -0.05) is 6.07 Å². The molecule has 0 saturated carbocycles. The van der Waals surface area contributed by atoms with E-state index in [2.05, 4.69) is 15.4 Å². The minimum atomic E-state index is 0.637. The van der Waals surface area contributed by atoms with Crippen molar-refractivity contribution in [3.8, 4) is 5.88 Å². The van der Waals surface area contributed by atoms with E-state index in [1.807, 2.05) is 37.6 Å². The van der Waals surface area contributed by atoms with Gasteiger partial charge in [0.25, 0.3) is 0 Å². The van der Waals surface area contributed by atoms with Crippen LogP contribution in [0.25, 0.3) is 0 Å². The predicted octanol–water partition coefficient (Wildman–Crippen LogP) is 1.11. The summed E-state index contributed by atoms with van der Waals surface area (Å²) in [7, 11) is 3.53. The Hall–Kier alpha value is -1.88. The smallest absolute Gasteiger partial charge is 0.212 e. The molecule has 5 nitrogen and oxygen atoms in total. The monoisotopic (exact) mass is 232 g/mol. The van der Waals surface area contributed by atoms with Crippen LogP contribution in [0.1, 0.15) is 11.3 Å². The van der Waals surface area contributed by atoms with Crippen LogP contribution in [0.4, 0.5) is 0 Å². The van der Waals surface area contributed by atoms with Gasteiger partial charge in [-0.25, -0.2) is 4.98 Å². The molecule has 0 aliphatic rings. The SMILES string of the molecule is COc1ccc(CNCc2ccn(C)n2)cn1. The summed E-state index contributed by atoms with van der Waals surface area (Å²) in [6.07, 6.45) is 3.75. The van der Waals surface area contributed by atoms with Crippen molar-refractivity contribution in [3.63, 3.8) is 0 Å². The molecule has 2 aromatic heterocycles. The summed E-state index contributed by atoms with van der Waals surface area (Å²) in [4.78, 5) is 4.14. The Kier molecular flexibility index (Phi) is 3.72. The van der Waals surface area contributed by atoms with Crippen LogP contribution >= 0.6 is 0 Å². The molecule has 0 aliphatic heterocycles. The zero-order chi connectivity index (χ0) is 12.1. The first-order valence-corrected chi connectivity index (χ1v) is 5.46. The first kappa shape index (κ1) is 11.6. The third-order valence-corrected chi connectivity index (χ3v) is 2.41. The summed E-state index contributed by atoms with van der Waals surface area (Å²) in [6, 6.07) is 5.86. The predicted molar refractivity (Wildman–Crippen MR) is 64.5 cm³/mol. The molecule has 0 bridgehead atoms. The van der Waals surface area contributed by atoms with E-state index < -0.39 is 0 Å². The van der Waals surface area contributed by atoms with Gasteiger partial charge in [0.2, 0.25) is 5.88 Å². The summed E-state index contributed by atoms with van der Waals surface area (Å²) in [6.45, 7) is 1.53. The second kappa shape index (κ2) is 5.45. The van der Waals surface area contributed by atoms with E-state index in [-0.39, 0.29) is 0 Å². The summed E-state index contributed by atoms with van der Waals surface area (Å²) in [5.41, 5.74) is 2.16. The van der Waals surface area contributed by atoms with E-state index in [1.165, 1.54) is 0 Å². The largest absolute Gasteiger partial charge is 0.481 e. The van der Waals surface area contributed by atoms with Gasteiger partial charge in [0.1, 0.15) is 0 Å². The Bertz CT molecular complexity index is 464. The Morgan fingerprint density at radius 2 is 2.18 bits per heavy atom. The van der Waals surface area contributed by atoms with Crippen LogP contribution < -0.4 is 10.1 Å². The molecule has 0 spiro atoms. The highest BCUT2D eigenvalue weighted by Gasteiger charge is 1.98. The average molecular weight is 232 g/mol. The number of nitrogens with zero attached hydrogens (tertiary/aromatic N) is 3. The van der Waals surface area contributed by atoms with Crippen molar-refractivity contribution in [2.24, 2.45) is 7.05 Å². The molecule has 90 valence electrons. The number of rotatable bonds is 5. The number of methoxy groups -OCH3 is 1. The molecule has 0 saturated heterocycles. The van der Waals surface area contributed by atoms with E-state index in [0.717, 1.165) is 24.3 Å². The lowest BCUT2D eigenvalue weighted by Crippen LogP contribution is -2.13. The standard InChI is InChI=1S/C12H16N4O/c1-16-6-5-11(15-16)9-13-7-10-3-4-12(17-2)14-8-10/h3-6,8,13H,7,9H2,1-2H3. The van der Waals surface area contributed by atoms with Crippen LogP contribution in [0.15, 0.2) is 30.6 Å². The van der Waals surface area contributed by atoms with E-state index >= 15 is 0 Å². The Morgan fingerprint density at radius 3 is 2.76 bits per heavy atom. The van der Waals surface area contributed by atoms with Crippen LogP contribution in [0.3, 0.4) is 0 Å². The summed E-state index contributed by atoms with van der Waals surface area (Å²) in [5, 5.41) is 7.60. The second-order valence-corrected chi connectivity index (χ2v) is 3.79. The number of pyridine rings is 1. The highest BCUT2D eigenvalue weighted by atomic mass is 16.5. The molecule has 0 aromatic carbocycles. The number of aromatic nitrogens is 3. The lowest BCUT2D eigenvalue weighted by Gasteiger charge is -2.03. The molecule has 0 atom stereocenters. The molecule has 2 rings (SSSR count). The fourth-order valence-electron chi connectivity index (χ4n) is 1.53. The number of ether oxygens (including phenoxy) is 1. The maximum atomic E-state index is 5.00. The van der Waals surface area contributed by atoms with Gasteiger partial charge < -0.3 is 10.1 Å². The molecule has 2 aromatic rings. The first-order chi connectivity index (χ1) is 8.28. The summed E-state index contributed by atoms with van der Waals surface area (Å²) >= 11 is 0. The molecule has 1 N–H and O–H groups in total. The van der Waals surface area contributed by atoms with Crippen molar-refractivity contribution in [1.82, 2.24) is 20.1 Å². The topological polar surface area (TPSA) is 52.0 Å². The fourth-order valence-corrected chi connectivity index (χ4v) is 1.53. The third kappa shape index (κ3) is 3.29. The average Bonchev–Trinajstić information content (AvgIpc) is 2.76. The third-order valence-electron chi connectivity index (χ3n) is 2.41. The van der Waals surface area contributed by atoms with E-state index in [9.17, 15) is 0 Å². The number of nitrogens with one attached hydrogen (secondary N) is 1. The Labute approximate surface area is 100 Å². The highest BCUT2D eigenvalue weighted by Crippen LogP contribution is 2.06. The van der Waals surface area contributed by atoms with Gasteiger partial charge in [0.05, 0.1) is 12.8 Å². The minimum Gasteiger partial charge on any atom is -0.481 e. The van der Waals surface area contributed by atoms with E-state index in [0.29, 0.717) is 5.88 Å². The van der Waals surface area contributed by atoms with Crippen molar-refractivity contribution in [2.45, 2.75) is 13.1 Å². The van der Waals surface area contributed by atoms with Crippen LogP contribution in [-0.4, -0.2) is 21.9 Å². The van der Waals surface area contributed by atoms with Gasteiger partial charge in [-0.2, -0.15) is 5.10 Å². The second-order valence-electron chi connectivity index (χ2n) is 3.79. The zero-order valence-corrected chi connectivity index (χ0v) is 10.1. The first-order valence-electron chi connectivity index (χ1n) is 5.46. The molecule has 0 aliphatic carbocycles. The lowest BCUT2D eigenvalue weighted by atomic mass is 10.3. The maximum absolute atomic E-state index is 5.00. The molecule has 0 radical (unpaired) electrons. The van der Waals surface area contributed by atoms with Gasteiger partial charge in [-0.3, -0.25) is 4.68 Å². The number of aryl methyl sites for hydroxylation is 1. The van der Waals surface area contributed by atoms with E-state index in [1.54, 1.807) is 11.8 Å². The molecular formula is C12H16N4O. The van der Waals surface area contributed by atoms with Crippen molar-refractivity contribution in [2.75, 3.05) is 7.11 Å². The van der Waals surface area contributed by atoms with Gasteiger partial charge in [0.15, 0.2) is 0 Å². The van der Waals surface area contributed by atoms with Gasteiger partial charge in [-0.15, -0.1) is 0 Å². The summed E-state index contributed by atoms with van der Waals surface area (Å²) in [5.74, 6) is 0.637. The quantitative estimate of drug-likeness (QED) is 0.839.